The van der Waals surface area contributed by atoms with E-state index in [4.69, 9.17) is 16.0 Å². The molecular weight excluding hydrogens is 446 g/mol. The van der Waals surface area contributed by atoms with E-state index in [2.05, 4.69) is 15.3 Å². The number of thioether (sulfide) groups is 1. The van der Waals surface area contributed by atoms with E-state index in [1.807, 2.05) is 48.5 Å². The number of furan rings is 1. The zero-order valence-corrected chi connectivity index (χ0v) is 18.2. The number of rotatable bonds is 5. The van der Waals surface area contributed by atoms with E-state index >= 15 is 0 Å². The number of carbonyl (C=O) groups excluding carboxylic acids is 1. The summed E-state index contributed by atoms with van der Waals surface area (Å²) in [6.07, 6.45) is 1.35. The predicted molar refractivity (Wildman–Crippen MR) is 128 cm³/mol. The molecule has 8 heteroatoms. The molecule has 0 saturated carbocycles. The van der Waals surface area contributed by atoms with Crippen molar-refractivity contribution < 1.29 is 9.21 Å². The number of nitrogens with one attached hydrogen (secondary N) is 2. The van der Waals surface area contributed by atoms with Gasteiger partial charge in [0.1, 0.15) is 5.58 Å². The predicted octanol–water partition coefficient (Wildman–Crippen LogP) is 5.87. The minimum atomic E-state index is -0.382. The van der Waals surface area contributed by atoms with Crippen LogP contribution in [0.25, 0.3) is 21.9 Å². The third-order valence-corrected chi connectivity index (χ3v) is 6.29. The average molecular weight is 462 g/mol. The van der Waals surface area contributed by atoms with Crippen LogP contribution in [0.2, 0.25) is 5.02 Å². The summed E-state index contributed by atoms with van der Waals surface area (Å²) in [4.78, 5) is 32.9. The first-order valence-corrected chi connectivity index (χ1v) is 11.1. The number of halogens is 1. The summed E-state index contributed by atoms with van der Waals surface area (Å²) < 4.78 is 5.93. The van der Waals surface area contributed by atoms with Crippen molar-refractivity contribution in [2.24, 2.45) is 0 Å². The molecule has 2 aromatic heterocycles. The largest absolute Gasteiger partial charge is 0.451 e. The Morgan fingerprint density at radius 1 is 1.06 bits per heavy atom. The molecule has 0 fully saturated rings. The van der Waals surface area contributed by atoms with Gasteiger partial charge >= 0.3 is 0 Å². The van der Waals surface area contributed by atoms with Crippen LogP contribution in [0.15, 0.2) is 87.2 Å². The summed E-state index contributed by atoms with van der Waals surface area (Å²) in [7, 11) is 0. The van der Waals surface area contributed by atoms with Gasteiger partial charge in [0.25, 0.3) is 11.5 Å². The van der Waals surface area contributed by atoms with Crippen molar-refractivity contribution in [1.82, 2.24) is 9.97 Å². The van der Waals surface area contributed by atoms with E-state index < -0.39 is 0 Å². The van der Waals surface area contributed by atoms with Crippen molar-refractivity contribution in [2.45, 2.75) is 10.6 Å². The van der Waals surface area contributed by atoms with E-state index in [9.17, 15) is 9.59 Å². The van der Waals surface area contributed by atoms with Gasteiger partial charge in [-0.25, -0.2) is 4.98 Å². The molecular formula is C24H16ClN3O3S. The van der Waals surface area contributed by atoms with Crippen LogP contribution in [0.1, 0.15) is 16.1 Å². The number of H-pyrrole nitrogens is 1. The molecule has 0 aliphatic rings. The maximum atomic E-state index is 13.1. The van der Waals surface area contributed by atoms with Gasteiger partial charge in [-0.15, -0.1) is 11.8 Å². The summed E-state index contributed by atoms with van der Waals surface area (Å²) in [5.41, 5.74) is 2.21. The Hall–Kier alpha value is -3.55. The lowest BCUT2D eigenvalue weighted by Crippen LogP contribution is -2.13. The highest BCUT2D eigenvalue weighted by molar-refractivity contribution is 7.98. The second kappa shape index (κ2) is 8.53. The van der Waals surface area contributed by atoms with E-state index in [0.717, 1.165) is 15.8 Å². The van der Waals surface area contributed by atoms with E-state index in [1.54, 1.807) is 30.0 Å². The SMILES string of the molecule is O=C(Nc1ccc2nc[nH]c(=O)c2c1)c1oc2ccccc2c1CSc1ccc(Cl)cc1. The molecule has 0 aliphatic heterocycles. The van der Waals surface area contributed by atoms with E-state index in [0.29, 0.717) is 32.9 Å². The molecule has 158 valence electrons. The van der Waals surface area contributed by atoms with E-state index in [-0.39, 0.29) is 17.2 Å². The summed E-state index contributed by atoms with van der Waals surface area (Å²) in [6.45, 7) is 0. The number of fused-ring (bicyclic) bond motifs is 2. The standard InChI is InChI=1S/C24H16ClN3O3S/c25-14-5-8-16(9-6-14)32-12-19-17-3-1-2-4-21(17)31-22(19)24(30)28-15-7-10-20-18(11-15)23(29)27-13-26-20/h1-11,13H,12H2,(H,28,30)(H,26,27,29). The van der Waals surface area contributed by atoms with Gasteiger partial charge in [0.05, 0.1) is 17.2 Å². The first-order valence-electron chi connectivity index (χ1n) is 9.76. The molecule has 0 unspecified atom stereocenters. The van der Waals surface area contributed by atoms with Crippen LogP contribution in [-0.2, 0) is 5.75 Å². The molecule has 0 atom stereocenters. The van der Waals surface area contributed by atoms with Gasteiger partial charge in [0.15, 0.2) is 5.76 Å². The van der Waals surface area contributed by atoms with Gasteiger partial charge in [-0.1, -0.05) is 29.8 Å². The van der Waals surface area contributed by atoms with Gasteiger partial charge in [0, 0.05) is 32.3 Å². The first kappa shape index (κ1) is 20.4. The maximum absolute atomic E-state index is 13.1. The fraction of sp³-hybridized carbons (Fsp3) is 0.0417. The van der Waals surface area contributed by atoms with Crippen LogP contribution in [0.5, 0.6) is 0 Å². The summed E-state index contributed by atoms with van der Waals surface area (Å²) in [5, 5.41) is 4.80. The number of amides is 1. The summed E-state index contributed by atoms with van der Waals surface area (Å²) in [5.74, 6) is 0.406. The van der Waals surface area contributed by atoms with Gasteiger partial charge in [0.2, 0.25) is 0 Å². The quantitative estimate of drug-likeness (QED) is 0.320. The van der Waals surface area contributed by atoms with Gasteiger partial charge in [-0.3, -0.25) is 9.59 Å². The summed E-state index contributed by atoms with van der Waals surface area (Å²) in [6, 6.07) is 20.1. The van der Waals surface area contributed by atoms with Gasteiger partial charge in [-0.2, -0.15) is 0 Å². The summed E-state index contributed by atoms with van der Waals surface area (Å²) >= 11 is 7.57. The van der Waals surface area contributed by atoms with Crippen LogP contribution in [0, 0.1) is 0 Å². The average Bonchev–Trinajstić information content (AvgIpc) is 3.18. The Bertz CT molecular complexity index is 1510. The molecule has 2 N–H and O–H groups in total. The highest BCUT2D eigenvalue weighted by atomic mass is 35.5. The first-order chi connectivity index (χ1) is 15.6. The molecule has 32 heavy (non-hydrogen) atoms. The van der Waals surface area contributed by atoms with Crippen molar-refractivity contribution in [1.29, 1.82) is 0 Å². The van der Waals surface area contributed by atoms with Crippen LogP contribution < -0.4 is 10.9 Å². The van der Waals surface area contributed by atoms with Crippen molar-refractivity contribution in [3.63, 3.8) is 0 Å². The molecule has 0 aliphatic carbocycles. The van der Waals surface area contributed by atoms with Crippen molar-refractivity contribution in [2.75, 3.05) is 5.32 Å². The molecule has 3 aromatic carbocycles. The fourth-order valence-corrected chi connectivity index (χ4v) is 4.50. The third-order valence-electron chi connectivity index (χ3n) is 5.00. The smallest absolute Gasteiger partial charge is 0.291 e. The highest BCUT2D eigenvalue weighted by Gasteiger charge is 2.21. The third kappa shape index (κ3) is 4.00. The fourth-order valence-electron chi connectivity index (χ4n) is 3.45. The molecule has 2 heterocycles. The minimum absolute atomic E-state index is 0.243. The van der Waals surface area contributed by atoms with Crippen molar-refractivity contribution in [3.8, 4) is 0 Å². The number of hydrogen-bond acceptors (Lipinski definition) is 5. The van der Waals surface area contributed by atoms with Gasteiger partial charge < -0.3 is 14.7 Å². The number of para-hydroxylation sites is 1. The second-order valence-corrected chi connectivity index (χ2v) is 8.55. The number of aromatic nitrogens is 2. The molecule has 0 radical (unpaired) electrons. The van der Waals surface area contributed by atoms with Crippen molar-refractivity contribution >= 4 is 56.8 Å². The molecule has 0 spiro atoms. The molecule has 0 saturated heterocycles. The molecule has 1 amide bonds. The normalized spacial score (nSPS) is 11.2. The number of nitrogens with zero attached hydrogens (tertiary/aromatic N) is 1. The van der Waals surface area contributed by atoms with E-state index in [1.165, 1.54) is 6.33 Å². The Labute approximate surface area is 191 Å². The lowest BCUT2D eigenvalue weighted by molar-refractivity contribution is 0.0998. The van der Waals surface area contributed by atoms with Crippen LogP contribution in [0.3, 0.4) is 0 Å². The highest BCUT2D eigenvalue weighted by Crippen LogP contribution is 2.33. The topological polar surface area (TPSA) is 88.0 Å². The lowest BCUT2D eigenvalue weighted by atomic mass is 10.1. The van der Waals surface area contributed by atoms with Crippen molar-refractivity contribution in [3.05, 3.63) is 99.8 Å². The maximum Gasteiger partial charge on any atom is 0.291 e. The number of benzene rings is 3. The minimum Gasteiger partial charge on any atom is -0.451 e. The zero-order valence-electron chi connectivity index (χ0n) is 16.6. The second-order valence-electron chi connectivity index (χ2n) is 7.07. The number of carbonyl (C=O) groups is 1. The van der Waals surface area contributed by atoms with Crippen LogP contribution in [0.4, 0.5) is 5.69 Å². The van der Waals surface area contributed by atoms with Crippen LogP contribution >= 0.6 is 23.4 Å². The molecule has 0 bridgehead atoms. The molecule has 5 rings (SSSR count). The number of aromatic amines is 1. The number of anilines is 1. The Morgan fingerprint density at radius 3 is 2.72 bits per heavy atom. The Balaban J connectivity index is 1.47. The zero-order chi connectivity index (χ0) is 22.1. The molecule has 5 aromatic rings. The van der Waals surface area contributed by atoms with Crippen LogP contribution in [-0.4, -0.2) is 15.9 Å². The Morgan fingerprint density at radius 2 is 1.88 bits per heavy atom. The Kier molecular flexibility index (Phi) is 5.43. The molecule has 6 nitrogen and oxygen atoms in total. The lowest BCUT2D eigenvalue weighted by Gasteiger charge is -2.07. The number of hydrogen-bond donors (Lipinski definition) is 2. The van der Waals surface area contributed by atoms with Gasteiger partial charge in [-0.05, 0) is 48.5 Å². The monoisotopic (exact) mass is 461 g/mol.